The van der Waals surface area contributed by atoms with Gasteiger partial charge in [-0.05, 0) is 95.7 Å². The standard InChI is InChI=1S/C31H40N6O2S/c1-20-18-40-28-25(20)26(32-21(2)27-34-33-22(3)37(27)28)23-8-10-24(11-9-23)36-15-7-12-31(19-36)13-16-35(17-14-31)29(38)39-30(4,5)6/h8-11,18,21H,7,12-17,19H2,1-6H3. The molecule has 1 amide bonds. The lowest BCUT2D eigenvalue weighted by molar-refractivity contribution is 0.00817. The van der Waals surface area contributed by atoms with Crippen LogP contribution in [-0.4, -0.2) is 63.2 Å². The fourth-order valence-corrected chi connectivity index (χ4v) is 7.59. The molecule has 40 heavy (non-hydrogen) atoms. The molecule has 0 N–H and O–H groups in total. The first-order chi connectivity index (χ1) is 19.0. The van der Waals surface area contributed by atoms with Crippen LogP contribution in [0.5, 0.6) is 0 Å². The highest BCUT2D eigenvalue weighted by Gasteiger charge is 2.40. The van der Waals surface area contributed by atoms with Gasteiger partial charge in [-0.3, -0.25) is 9.56 Å². The number of likely N-dealkylation sites (tertiary alicyclic amines) is 1. The Kier molecular flexibility index (Phi) is 6.76. The lowest BCUT2D eigenvalue weighted by Gasteiger charge is -2.48. The molecule has 1 unspecified atom stereocenters. The van der Waals surface area contributed by atoms with Crippen molar-refractivity contribution in [2.24, 2.45) is 10.4 Å². The summed E-state index contributed by atoms with van der Waals surface area (Å²) in [5, 5.41) is 12.2. The summed E-state index contributed by atoms with van der Waals surface area (Å²) < 4.78 is 7.79. The molecule has 8 nitrogen and oxygen atoms in total. The number of carbonyl (C=O) groups excluding carboxylic acids is 1. The number of amides is 1. The minimum Gasteiger partial charge on any atom is -0.444 e. The summed E-state index contributed by atoms with van der Waals surface area (Å²) in [7, 11) is 0. The second-order valence-corrected chi connectivity index (χ2v) is 13.6. The maximum Gasteiger partial charge on any atom is 0.410 e. The topological polar surface area (TPSA) is 75.8 Å². The molecule has 1 atom stereocenters. The Labute approximate surface area is 241 Å². The van der Waals surface area contributed by atoms with Crippen molar-refractivity contribution in [2.75, 3.05) is 31.1 Å². The van der Waals surface area contributed by atoms with Gasteiger partial charge in [-0.2, -0.15) is 0 Å². The van der Waals surface area contributed by atoms with Gasteiger partial charge in [0, 0.05) is 43.0 Å². The minimum atomic E-state index is -0.456. The molecule has 1 spiro atoms. The van der Waals surface area contributed by atoms with Crippen LogP contribution < -0.4 is 4.90 Å². The van der Waals surface area contributed by atoms with Crippen molar-refractivity contribution in [1.82, 2.24) is 19.7 Å². The Morgan fingerprint density at radius 2 is 1.77 bits per heavy atom. The Morgan fingerprint density at radius 1 is 1.05 bits per heavy atom. The van der Waals surface area contributed by atoms with Gasteiger partial charge in [0.1, 0.15) is 22.5 Å². The number of ether oxygens (including phenoxy) is 1. The van der Waals surface area contributed by atoms with Gasteiger partial charge in [-0.25, -0.2) is 4.79 Å². The molecule has 1 aromatic carbocycles. The van der Waals surface area contributed by atoms with Crippen LogP contribution in [0.4, 0.5) is 10.5 Å². The number of aryl methyl sites for hydroxylation is 2. The predicted octanol–water partition coefficient (Wildman–Crippen LogP) is 6.48. The van der Waals surface area contributed by atoms with Crippen LogP contribution in [0.1, 0.15) is 87.8 Å². The van der Waals surface area contributed by atoms with Crippen LogP contribution in [0.3, 0.4) is 0 Å². The predicted molar refractivity (Wildman–Crippen MR) is 160 cm³/mol. The van der Waals surface area contributed by atoms with E-state index < -0.39 is 5.60 Å². The fraction of sp³-hybridized carbons (Fsp3) is 0.548. The molecule has 2 fully saturated rings. The van der Waals surface area contributed by atoms with Crippen molar-refractivity contribution >= 4 is 28.8 Å². The number of aliphatic imine (C=N–C) groups is 1. The van der Waals surface area contributed by atoms with Crippen LogP contribution in [0.15, 0.2) is 34.6 Å². The van der Waals surface area contributed by atoms with Crippen LogP contribution in [-0.2, 0) is 4.74 Å². The first-order valence-electron chi connectivity index (χ1n) is 14.5. The number of hydrogen-bond acceptors (Lipinski definition) is 7. The van der Waals surface area contributed by atoms with Crippen molar-refractivity contribution in [3.63, 3.8) is 0 Å². The van der Waals surface area contributed by atoms with E-state index in [9.17, 15) is 4.79 Å². The van der Waals surface area contributed by atoms with E-state index in [0.717, 1.165) is 66.9 Å². The Bertz CT molecular complexity index is 1440. The molecule has 3 aliphatic rings. The van der Waals surface area contributed by atoms with Gasteiger partial charge < -0.3 is 14.5 Å². The normalized spacial score (nSPS) is 20.6. The molecular weight excluding hydrogens is 520 g/mol. The van der Waals surface area contributed by atoms with Gasteiger partial charge >= 0.3 is 6.09 Å². The molecule has 2 aromatic heterocycles. The average Bonchev–Trinajstić information content (AvgIpc) is 3.45. The number of piperidine rings is 2. The van der Waals surface area contributed by atoms with Crippen molar-refractivity contribution in [3.05, 3.63) is 58.0 Å². The van der Waals surface area contributed by atoms with Crippen LogP contribution in [0.25, 0.3) is 5.00 Å². The molecule has 0 bridgehead atoms. The monoisotopic (exact) mass is 560 g/mol. The van der Waals surface area contributed by atoms with Gasteiger partial charge in [-0.1, -0.05) is 12.1 Å². The summed E-state index contributed by atoms with van der Waals surface area (Å²) in [5.74, 6) is 1.79. The van der Waals surface area contributed by atoms with Crippen molar-refractivity contribution in [3.8, 4) is 5.00 Å². The van der Waals surface area contributed by atoms with Crippen molar-refractivity contribution in [1.29, 1.82) is 0 Å². The molecule has 9 heteroatoms. The zero-order chi connectivity index (χ0) is 28.2. The fourth-order valence-electron chi connectivity index (χ4n) is 6.47. The van der Waals surface area contributed by atoms with E-state index in [1.807, 2.05) is 32.6 Å². The second kappa shape index (κ2) is 10.0. The van der Waals surface area contributed by atoms with Gasteiger partial charge in [-0.15, -0.1) is 21.5 Å². The summed E-state index contributed by atoms with van der Waals surface area (Å²) in [6.07, 6.45) is 4.27. The first-order valence-corrected chi connectivity index (χ1v) is 15.3. The van der Waals surface area contributed by atoms with Crippen LogP contribution in [0, 0.1) is 19.3 Å². The largest absolute Gasteiger partial charge is 0.444 e. The lowest BCUT2D eigenvalue weighted by Crippen LogP contribution is -2.51. The number of hydrogen-bond donors (Lipinski definition) is 0. The first kappa shape index (κ1) is 27.0. The van der Waals surface area contributed by atoms with Crippen LogP contribution >= 0.6 is 11.3 Å². The maximum absolute atomic E-state index is 12.6. The summed E-state index contributed by atoms with van der Waals surface area (Å²) in [4.78, 5) is 22.2. The summed E-state index contributed by atoms with van der Waals surface area (Å²) in [6, 6.07) is 8.90. The Hall–Kier alpha value is -3.20. The number of fused-ring (bicyclic) bond motifs is 3. The highest BCUT2D eigenvalue weighted by molar-refractivity contribution is 7.13. The minimum absolute atomic E-state index is 0.0802. The molecule has 0 saturated carbocycles. The number of rotatable bonds is 2. The molecule has 2 saturated heterocycles. The number of benzene rings is 1. The van der Waals surface area contributed by atoms with Gasteiger partial charge in [0.05, 0.1) is 5.71 Å². The number of anilines is 1. The quantitative estimate of drug-likeness (QED) is 0.359. The molecule has 6 rings (SSSR count). The zero-order valence-electron chi connectivity index (χ0n) is 24.5. The number of carbonyl (C=O) groups is 1. The third kappa shape index (κ3) is 4.93. The SMILES string of the molecule is Cc1csc2c1C(c1ccc(N3CCCC4(CCN(C(=O)OC(C)(C)C)CC4)C3)cc1)=NC(C)c1nnc(C)n1-2. The van der Waals surface area contributed by atoms with E-state index in [1.54, 1.807) is 11.3 Å². The highest BCUT2D eigenvalue weighted by atomic mass is 32.1. The molecule has 3 aliphatic heterocycles. The lowest BCUT2D eigenvalue weighted by atomic mass is 9.72. The second-order valence-electron chi connectivity index (χ2n) is 12.7. The smallest absolute Gasteiger partial charge is 0.410 e. The zero-order valence-corrected chi connectivity index (χ0v) is 25.3. The number of aromatic nitrogens is 3. The van der Waals surface area contributed by atoms with Crippen molar-refractivity contribution < 1.29 is 9.53 Å². The molecule has 212 valence electrons. The van der Waals surface area contributed by atoms with E-state index >= 15 is 0 Å². The van der Waals surface area contributed by atoms with E-state index in [4.69, 9.17) is 9.73 Å². The highest BCUT2D eigenvalue weighted by Crippen LogP contribution is 2.42. The molecule has 0 radical (unpaired) electrons. The van der Waals surface area contributed by atoms with Gasteiger partial charge in [0.15, 0.2) is 5.82 Å². The summed E-state index contributed by atoms with van der Waals surface area (Å²) >= 11 is 1.73. The Balaban J connectivity index is 1.20. The summed E-state index contributed by atoms with van der Waals surface area (Å²) in [6.45, 7) is 15.7. The molecule has 0 aliphatic carbocycles. The van der Waals surface area contributed by atoms with Crippen molar-refractivity contribution in [2.45, 2.75) is 78.9 Å². The van der Waals surface area contributed by atoms with E-state index in [-0.39, 0.29) is 17.6 Å². The van der Waals surface area contributed by atoms with E-state index in [2.05, 4.69) is 63.2 Å². The van der Waals surface area contributed by atoms with E-state index in [0.29, 0.717) is 0 Å². The number of thiophene rings is 1. The molecular formula is C31H40N6O2S. The average molecular weight is 561 g/mol. The third-order valence-corrected chi connectivity index (χ3v) is 9.67. The Morgan fingerprint density at radius 3 is 2.48 bits per heavy atom. The molecule has 3 aromatic rings. The van der Waals surface area contributed by atoms with Gasteiger partial charge in [0.2, 0.25) is 0 Å². The van der Waals surface area contributed by atoms with Crippen LogP contribution in [0.2, 0.25) is 0 Å². The molecule has 5 heterocycles. The third-order valence-electron chi connectivity index (χ3n) is 8.58. The maximum atomic E-state index is 12.6. The van der Waals surface area contributed by atoms with E-state index in [1.165, 1.54) is 29.7 Å². The summed E-state index contributed by atoms with van der Waals surface area (Å²) in [5.41, 5.74) is 5.63. The van der Waals surface area contributed by atoms with Gasteiger partial charge in [0.25, 0.3) is 0 Å². The number of nitrogens with zero attached hydrogens (tertiary/aromatic N) is 6.